The van der Waals surface area contributed by atoms with Gasteiger partial charge in [-0.2, -0.15) is 0 Å². The van der Waals surface area contributed by atoms with Gasteiger partial charge in [0.1, 0.15) is 5.82 Å². The highest BCUT2D eigenvalue weighted by Crippen LogP contribution is 2.24. The Hall–Kier alpha value is -0.820. The molecule has 0 spiro atoms. The third-order valence-corrected chi connectivity index (χ3v) is 3.53. The molecule has 4 nitrogen and oxygen atoms in total. The predicted octanol–water partition coefficient (Wildman–Crippen LogP) is 2.99. The average Bonchev–Trinajstić information content (AvgIpc) is 2.59. The van der Waals surface area contributed by atoms with Crippen molar-refractivity contribution in [1.82, 2.24) is 14.8 Å². The molecule has 90 valence electrons. The zero-order chi connectivity index (χ0) is 12.4. The molecule has 1 aromatic carbocycles. The molecule has 0 saturated carbocycles. The summed E-state index contributed by atoms with van der Waals surface area (Å²) in [6.07, 6.45) is 0. The summed E-state index contributed by atoms with van der Waals surface area (Å²) in [6.45, 7) is 2.53. The normalized spacial score (nSPS) is 10.6. The van der Waals surface area contributed by atoms with Gasteiger partial charge in [-0.3, -0.25) is 0 Å². The Morgan fingerprint density at radius 1 is 1.41 bits per heavy atom. The largest absolute Gasteiger partial charge is 0.377 e. The lowest BCUT2D eigenvalue weighted by molar-refractivity contribution is 0.789. The number of nitrogens with one attached hydrogen (secondary N) is 1. The Balaban J connectivity index is 2.10. The van der Waals surface area contributed by atoms with E-state index in [-0.39, 0.29) is 0 Å². The summed E-state index contributed by atoms with van der Waals surface area (Å²) in [6, 6.07) is 5.90. The van der Waals surface area contributed by atoms with Crippen molar-refractivity contribution in [3.8, 4) is 0 Å². The summed E-state index contributed by atoms with van der Waals surface area (Å²) in [5.74, 6) is 1.78. The highest BCUT2D eigenvalue weighted by molar-refractivity contribution is 14.1. The fraction of sp³-hybridized carbons (Fsp3) is 0.273. The lowest BCUT2D eigenvalue weighted by Gasteiger charge is -2.08. The van der Waals surface area contributed by atoms with Gasteiger partial charge in [0, 0.05) is 10.6 Å². The van der Waals surface area contributed by atoms with Gasteiger partial charge in [0.25, 0.3) is 0 Å². The molecule has 0 atom stereocenters. The van der Waals surface area contributed by atoms with Crippen LogP contribution in [0.1, 0.15) is 11.6 Å². The van der Waals surface area contributed by atoms with Crippen LogP contribution in [-0.2, 0) is 13.6 Å². The molecule has 2 rings (SSSR count). The van der Waals surface area contributed by atoms with E-state index in [1.807, 2.05) is 36.7 Å². The van der Waals surface area contributed by atoms with E-state index in [2.05, 4.69) is 38.1 Å². The number of benzene rings is 1. The van der Waals surface area contributed by atoms with Crippen molar-refractivity contribution in [2.75, 3.05) is 5.32 Å². The van der Waals surface area contributed by atoms with Gasteiger partial charge in [0.05, 0.1) is 17.3 Å². The average molecular weight is 363 g/mol. The third-order valence-electron chi connectivity index (χ3n) is 2.55. The second-order valence-corrected chi connectivity index (χ2v) is 5.35. The molecular formula is C11H12ClIN4. The molecular weight excluding hydrogens is 351 g/mol. The van der Waals surface area contributed by atoms with Gasteiger partial charge in [-0.15, -0.1) is 10.2 Å². The standard InChI is InChI=1S/C11H12ClIN4/c1-7-15-16-11(17(7)2)6-14-10-4-3-8(13)5-9(10)12/h3-5,14H,6H2,1-2H3. The van der Waals surface area contributed by atoms with Crippen LogP contribution in [0.4, 0.5) is 5.69 Å². The van der Waals surface area contributed by atoms with Crippen LogP contribution in [0.3, 0.4) is 0 Å². The second-order valence-electron chi connectivity index (χ2n) is 3.70. The van der Waals surface area contributed by atoms with E-state index in [9.17, 15) is 0 Å². The van der Waals surface area contributed by atoms with Crippen molar-refractivity contribution in [1.29, 1.82) is 0 Å². The van der Waals surface area contributed by atoms with E-state index < -0.39 is 0 Å². The maximum absolute atomic E-state index is 6.13. The molecule has 0 aliphatic heterocycles. The highest BCUT2D eigenvalue weighted by atomic mass is 127. The van der Waals surface area contributed by atoms with Crippen LogP contribution >= 0.6 is 34.2 Å². The molecule has 17 heavy (non-hydrogen) atoms. The summed E-state index contributed by atoms with van der Waals surface area (Å²) < 4.78 is 3.07. The highest BCUT2D eigenvalue weighted by Gasteiger charge is 2.06. The van der Waals surface area contributed by atoms with Gasteiger partial charge in [-0.1, -0.05) is 11.6 Å². The van der Waals surface area contributed by atoms with Crippen LogP contribution in [0, 0.1) is 10.5 Å². The summed E-state index contributed by atoms with van der Waals surface area (Å²) in [5.41, 5.74) is 0.910. The molecule has 2 aromatic rings. The number of aromatic nitrogens is 3. The minimum Gasteiger partial charge on any atom is -0.377 e. The van der Waals surface area contributed by atoms with E-state index in [4.69, 9.17) is 11.6 Å². The quantitative estimate of drug-likeness (QED) is 0.854. The molecule has 0 saturated heterocycles. The van der Waals surface area contributed by atoms with Crippen LogP contribution in [-0.4, -0.2) is 14.8 Å². The number of hydrogen-bond acceptors (Lipinski definition) is 3. The van der Waals surface area contributed by atoms with E-state index in [1.54, 1.807) is 0 Å². The number of aryl methyl sites for hydroxylation is 1. The van der Waals surface area contributed by atoms with Crippen LogP contribution < -0.4 is 5.32 Å². The fourth-order valence-corrected chi connectivity index (χ4v) is 2.33. The van der Waals surface area contributed by atoms with Gasteiger partial charge in [0.2, 0.25) is 0 Å². The van der Waals surface area contributed by atoms with Crippen LogP contribution in [0.5, 0.6) is 0 Å². The second kappa shape index (κ2) is 5.22. The minimum atomic E-state index is 0.609. The smallest absolute Gasteiger partial charge is 0.152 e. The molecule has 1 heterocycles. The molecule has 0 bridgehead atoms. The van der Waals surface area contributed by atoms with Gasteiger partial charge in [-0.05, 0) is 47.7 Å². The summed E-state index contributed by atoms with van der Waals surface area (Å²) >= 11 is 8.36. The molecule has 1 N–H and O–H groups in total. The number of hydrogen-bond donors (Lipinski definition) is 1. The van der Waals surface area contributed by atoms with Crippen LogP contribution in [0.2, 0.25) is 5.02 Å². The van der Waals surface area contributed by atoms with E-state index >= 15 is 0 Å². The van der Waals surface area contributed by atoms with Gasteiger partial charge < -0.3 is 9.88 Å². The molecule has 0 aliphatic rings. The van der Waals surface area contributed by atoms with Crippen LogP contribution in [0.25, 0.3) is 0 Å². The van der Waals surface area contributed by atoms with Crippen molar-refractivity contribution in [2.24, 2.45) is 7.05 Å². The monoisotopic (exact) mass is 362 g/mol. The molecule has 0 radical (unpaired) electrons. The maximum Gasteiger partial charge on any atom is 0.152 e. The Morgan fingerprint density at radius 3 is 2.76 bits per heavy atom. The Morgan fingerprint density at radius 2 is 2.18 bits per heavy atom. The Bertz CT molecular complexity index is 538. The molecule has 1 aromatic heterocycles. The number of rotatable bonds is 3. The number of halogens is 2. The van der Waals surface area contributed by atoms with Gasteiger partial charge in [-0.25, -0.2) is 0 Å². The van der Waals surface area contributed by atoms with Gasteiger partial charge in [0.15, 0.2) is 5.82 Å². The number of anilines is 1. The third kappa shape index (κ3) is 2.90. The van der Waals surface area contributed by atoms with Crippen molar-refractivity contribution < 1.29 is 0 Å². The summed E-state index contributed by atoms with van der Waals surface area (Å²) in [5, 5.41) is 12.1. The zero-order valence-electron chi connectivity index (χ0n) is 9.54. The van der Waals surface area contributed by atoms with E-state index in [0.29, 0.717) is 6.54 Å². The molecule has 6 heteroatoms. The van der Waals surface area contributed by atoms with Crippen molar-refractivity contribution in [3.05, 3.63) is 38.4 Å². The van der Waals surface area contributed by atoms with Crippen molar-refractivity contribution in [3.63, 3.8) is 0 Å². The molecule has 0 unspecified atom stereocenters. The Labute approximate surface area is 119 Å². The summed E-state index contributed by atoms with van der Waals surface area (Å²) in [7, 11) is 1.95. The lowest BCUT2D eigenvalue weighted by atomic mass is 10.3. The van der Waals surface area contributed by atoms with E-state index in [0.717, 1.165) is 25.9 Å². The molecule has 0 aliphatic carbocycles. The lowest BCUT2D eigenvalue weighted by Crippen LogP contribution is -2.07. The fourth-order valence-electron chi connectivity index (χ4n) is 1.41. The SMILES string of the molecule is Cc1nnc(CNc2ccc(I)cc2Cl)n1C. The van der Waals surface area contributed by atoms with E-state index in [1.165, 1.54) is 0 Å². The van der Waals surface area contributed by atoms with Crippen LogP contribution in [0.15, 0.2) is 18.2 Å². The van der Waals surface area contributed by atoms with Crippen molar-refractivity contribution in [2.45, 2.75) is 13.5 Å². The molecule has 0 amide bonds. The minimum absolute atomic E-state index is 0.609. The Kier molecular flexibility index (Phi) is 3.88. The first-order chi connectivity index (χ1) is 8.08. The van der Waals surface area contributed by atoms with Gasteiger partial charge >= 0.3 is 0 Å². The first-order valence-electron chi connectivity index (χ1n) is 5.11. The topological polar surface area (TPSA) is 42.7 Å². The molecule has 0 fully saturated rings. The number of nitrogens with zero attached hydrogens (tertiary/aromatic N) is 3. The summed E-state index contributed by atoms with van der Waals surface area (Å²) in [4.78, 5) is 0. The first-order valence-corrected chi connectivity index (χ1v) is 6.57. The predicted molar refractivity (Wildman–Crippen MR) is 77.2 cm³/mol. The maximum atomic E-state index is 6.13. The first kappa shape index (κ1) is 12.6. The zero-order valence-corrected chi connectivity index (χ0v) is 12.5. The van der Waals surface area contributed by atoms with Crippen molar-refractivity contribution >= 4 is 39.9 Å².